The Labute approximate surface area is 204 Å². The van der Waals surface area contributed by atoms with Crippen LogP contribution in [-0.2, 0) is 16.8 Å². The number of phenols is 1. The molecule has 0 atom stereocenters. The van der Waals surface area contributed by atoms with Gasteiger partial charge in [0.2, 0.25) is 5.91 Å². The SMILES string of the molecule is COc1ccc(CN2C(=O)C3(CCC3)c3cc(-c4c(C)cnn4-c4ccccc4)cc(O)c32)cc1. The second kappa shape index (κ2) is 8.01. The molecule has 0 bridgehead atoms. The van der Waals surface area contributed by atoms with E-state index in [1.807, 2.05) is 72.4 Å². The van der Waals surface area contributed by atoms with Crippen molar-refractivity contribution in [1.29, 1.82) is 0 Å². The van der Waals surface area contributed by atoms with Crippen molar-refractivity contribution in [3.8, 4) is 28.4 Å². The second-order valence-corrected chi connectivity index (χ2v) is 9.49. The van der Waals surface area contributed by atoms with Gasteiger partial charge in [0.1, 0.15) is 11.5 Å². The molecule has 1 aliphatic carbocycles. The van der Waals surface area contributed by atoms with E-state index in [9.17, 15) is 9.90 Å². The normalized spacial score (nSPS) is 15.8. The van der Waals surface area contributed by atoms with Crippen LogP contribution in [0.25, 0.3) is 16.9 Å². The van der Waals surface area contributed by atoms with E-state index in [-0.39, 0.29) is 11.7 Å². The van der Waals surface area contributed by atoms with Crippen LogP contribution >= 0.6 is 0 Å². The number of aromatic hydroxyl groups is 1. The predicted molar refractivity (Wildman–Crippen MR) is 135 cm³/mol. The van der Waals surface area contributed by atoms with Gasteiger partial charge in [0.05, 0.1) is 42.3 Å². The van der Waals surface area contributed by atoms with Gasteiger partial charge in [0.25, 0.3) is 0 Å². The first kappa shape index (κ1) is 21.5. The molecule has 2 heterocycles. The number of methoxy groups -OCH3 is 1. The van der Waals surface area contributed by atoms with E-state index in [1.54, 1.807) is 18.1 Å². The Morgan fingerprint density at radius 2 is 1.80 bits per heavy atom. The lowest BCUT2D eigenvalue weighted by molar-refractivity contribution is -0.126. The zero-order valence-corrected chi connectivity index (χ0v) is 19.9. The summed E-state index contributed by atoms with van der Waals surface area (Å²) in [5, 5.41) is 15.9. The van der Waals surface area contributed by atoms with Crippen molar-refractivity contribution >= 4 is 11.6 Å². The Morgan fingerprint density at radius 3 is 2.46 bits per heavy atom. The van der Waals surface area contributed by atoms with E-state index in [2.05, 4.69) is 11.2 Å². The van der Waals surface area contributed by atoms with Crippen molar-refractivity contribution in [3.63, 3.8) is 0 Å². The van der Waals surface area contributed by atoms with E-state index >= 15 is 0 Å². The van der Waals surface area contributed by atoms with E-state index in [4.69, 9.17) is 4.74 Å². The maximum Gasteiger partial charge on any atom is 0.238 e. The molecule has 4 aromatic rings. The Hall–Kier alpha value is -4.06. The molecule has 1 saturated carbocycles. The number of anilines is 1. The van der Waals surface area contributed by atoms with E-state index in [0.717, 1.165) is 58.6 Å². The molecule has 1 aromatic heterocycles. The number of fused-ring (bicyclic) bond motifs is 2. The number of rotatable bonds is 5. The lowest BCUT2D eigenvalue weighted by Crippen LogP contribution is -2.44. The largest absolute Gasteiger partial charge is 0.506 e. The Balaban J connectivity index is 1.46. The molecule has 1 amide bonds. The first-order chi connectivity index (χ1) is 17.0. The number of aromatic nitrogens is 2. The topological polar surface area (TPSA) is 67.6 Å². The summed E-state index contributed by atoms with van der Waals surface area (Å²) >= 11 is 0. The van der Waals surface area contributed by atoms with Gasteiger partial charge in [-0.25, -0.2) is 4.68 Å². The number of amides is 1. The predicted octanol–water partition coefficient (Wildman–Crippen LogP) is 5.53. The summed E-state index contributed by atoms with van der Waals surface area (Å²) in [5.41, 5.74) is 5.75. The summed E-state index contributed by atoms with van der Waals surface area (Å²) in [6.45, 7) is 2.43. The molecule has 1 N–H and O–H groups in total. The van der Waals surface area contributed by atoms with E-state index < -0.39 is 5.41 Å². The van der Waals surface area contributed by atoms with Gasteiger partial charge < -0.3 is 14.7 Å². The quantitative estimate of drug-likeness (QED) is 0.421. The molecule has 0 unspecified atom stereocenters. The number of hydrogen-bond donors (Lipinski definition) is 1. The van der Waals surface area contributed by atoms with Crippen molar-refractivity contribution in [3.05, 3.63) is 89.6 Å². The number of aryl methyl sites for hydroxylation is 1. The van der Waals surface area contributed by atoms with Gasteiger partial charge in [-0.15, -0.1) is 0 Å². The zero-order chi connectivity index (χ0) is 24.2. The summed E-state index contributed by atoms with van der Waals surface area (Å²) in [7, 11) is 1.64. The molecule has 3 aromatic carbocycles. The van der Waals surface area contributed by atoms with Crippen molar-refractivity contribution < 1.29 is 14.6 Å². The number of nitrogens with zero attached hydrogens (tertiary/aromatic N) is 3. The molecule has 35 heavy (non-hydrogen) atoms. The van der Waals surface area contributed by atoms with E-state index in [1.165, 1.54) is 0 Å². The van der Waals surface area contributed by atoms with Gasteiger partial charge in [-0.05, 0) is 72.9 Å². The number of carbonyl (C=O) groups is 1. The third-order valence-electron chi connectivity index (χ3n) is 7.46. The van der Waals surface area contributed by atoms with Crippen LogP contribution in [-0.4, -0.2) is 27.9 Å². The second-order valence-electron chi connectivity index (χ2n) is 9.49. The molecule has 0 saturated heterocycles. The van der Waals surface area contributed by atoms with Gasteiger partial charge in [-0.2, -0.15) is 5.10 Å². The zero-order valence-electron chi connectivity index (χ0n) is 19.9. The van der Waals surface area contributed by atoms with Crippen LogP contribution in [0.5, 0.6) is 11.5 Å². The van der Waals surface area contributed by atoms with Crippen molar-refractivity contribution in [2.75, 3.05) is 12.0 Å². The Morgan fingerprint density at radius 1 is 1.06 bits per heavy atom. The van der Waals surface area contributed by atoms with Gasteiger partial charge in [0, 0.05) is 5.56 Å². The van der Waals surface area contributed by atoms with Crippen LogP contribution in [0, 0.1) is 6.92 Å². The fraction of sp³-hybridized carbons (Fsp3) is 0.241. The minimum atomic E-state index is -0.555. The molecule has 1 fully saturated rings. The van der Waals surface area contributed by atoms with Crippen LogP contribution in [0.3, 0.4) is 0 Å². The summed E-state index contributed by atoms with van der Waals surface area (Å²) in [6, 6.07) is 21.5. The summed E-state index contributed by atoms with van der Waals surface area (Å²) in [6.07, 6.45) is 4.45. The third-order valence-corrected chi connectivity index (χ3v) is 7.46. The summed E-state index contributed by atoms with van der Waals surface area (Å²) < 4.78 is 7.17. The number of hydrogen-bond acceptors (Lipinski definition) is 4. The highest BCUT2D eigenvalue weighted by molar-refractivity contribution is 6.10. The molecule has 1 aliphatic heterocycles. The molecule has 2 aliphatic rings. The van der Waals surface area contributed by atoms with Crippen LogP contribution < -0.4 is 9.64 Å². The molecule has 0 radical (unpaired) electrons. The summed E-state index contributed by atoms with van der Waals surface area (Å²) in [5.74, 6) is 0.980. The maximum absolute atomic E-state index is 13.8. The fourth-order valence-corrected chi connectivity index (χ4v) is 5.50. The highest BCUT2D eigenvalue weighted by atomic mass is 16.5. The monoisotopic (exact) mass is 465 g/mol. The first-order valence-electron chi connectivity index (χ1n) is 11.9. The smallest absolute Gasteiger partial charge is 0.238 e. The molecule has 176 valence electrons. The van der Waals surface area contributed by atoms with E-state index in [0.29, 0.717) is 12.2 Å². The molecule has 6 heteroatoms. The molecule has 6 nitrogen and oxygen atoms in total. The van der Waals surface area contributed by atoms with Crippen molar-refractivity contribution in [1.82, 2.24) is 9.78 Å². The number of phenolic OH excluding ortho intramolecular Hbond substituents is 1. The molecular weight excluding hydrogens is 438 g/mol. The van der Waals surface area contributed by atoms with Crippen LogP contribution in [0.2, 0.25) is 0 Å². The first-order valence-corrected chi connectivity index (χ1v) is 11.9. The standard InChI is InChI=1S/C29H27N3O3/c1-19-17-30-32(22-7-4-3-5-8-22)26(19)21-15-24-27(25(33)16-21)31(28(34)29(24)13-6-14-29)18-20-9-11-23(35-2)12-10-20/h3-5,7-12,15-17,33H,6,13-14,18H2,1-2H3. The molecular formula is C29H27N3O3. The van der Waals surface area contributed by atoms with Gasteiger partial charge in [-0.1, -0.05) is 36.8 Å². The molecule has 1 spiro atoms. The van der Waals surface area contributed by atoms with Gasteiger partial charge >= 0.3 is 0 Å². The van der Waals surface area contributed by atoms with Crippen LogP contribution in [0.1, 0.15) is 36.0 Å². The number of para-hydroxylation sites is 1. The molecule has 6 rings (SSSR count). The van der Waals surface area contributed by atoms with Crippen molar-refractivity contribution in [2.24, 2.45) is 0 Å². The minimum absolute atomic E-state index is 0.0790. The average Bonchev–Trinajstić information content (AvgIpc) is 3.35. The average molecular weight is 466 g/mol. The third kappa shape index (κ3) is 3.24. The highest BCUT2D eigenvalue weighted by Gasteiger charge is 2.55. The summed E-state index contributed by atoms with van der Waals surface area (Å²) in [4.78, 5) is 15.5. The maximum atomic E-state index is 13.8. The van der Waals surface area contributed by atoms with Gasteiger partial charge in [0.15, 0.2) is 0 Å². The number of carbonyl (C=O) groups excluding carboxylic acids is 1. The van der Waals surface area contributed by atoms with Gasteiger partial charge in [-0.3, -0.25) is 4.79 Å². The Kier molecular flexibility index (Phi) is 4.92. The lowest BCUT2D eigenvalue weighted by Gasteiger charge is -2.37. The number of ether oxygens (including phenoxy) is 1. The highest BCUT2D eigenvalue weighted by Crippen LogP contribution is 2.57. The Bertz CT molecular complexity index is 1420. The minimum Gasteiger partial charge on any atom is -0.506 e. The van der Waals surface area contributed by atoms with Crippen LogP contribution in [0.4, 0.5) is 5.69 Å². The van der Waals surface area contributed by atoms with Crippen molar-refractivity contribution in [2.45, 2.75) is 38.1 Å². The van der Waals surface area contributed by atoms with Crippen LogP contribution in [0.15, 0.2) is 72.9 Å². The number of benzene rings is 3. The lowest BCUT2D eigenvalue weighted by atomic mass is 9.65. The fourth-order valence-electron chi connectivity index (χ4n) is 5.50.